The summed E-state index contributed by atoms with van der Waals surface area (Å²) in [6, 6.07) is 3.41. The minimum atomic E-state index is -0.806. The van der Waals surface area contributed by atoms with Crippen molar-refractivity contribution in [3.05, 3.63) is 33.3 Å². The molecule has 0 spiro atoms. The normalized spacial score (nSPS) is 22.9. The fourth-order valence-electron chi connectivity index (χ4n) is 1.61. The van der Waals surface area contributed by atoms with Crippen molar-refractivity contribution in [2.75, 3.05) is 0 Å². The summed E-state index contributed by atoms with van der Waals surface area (Å²) in [6.07, 6.45) is 0.586. The van der Waals surface area contributed by atoms with Crippen LogP contribution in [0.2, 0.25) is 10.0 Å². The maximum Gasteiger partial charge on any atom is 0.340 e. The van der Waals surface area contributed by atoms with Gasteiger partial charge in [0.2, 0.25) is 5.90 Å². The summed E-state index contributed by atoms with van der Waals surface area (Å²) in [5.74, 6) is -0.0547. The number of rotatable bonds is 2. The van der Waals surface area contributed by atoms with Crippen LogP contribution in [0.3, 0.4) is 0 Å². The van der Waals surface area contributed by atoms with Crippen molar-refractivity contribution in [1.29, 1.82) is 0 Å². The summed E-state index contributed by atoms with van der Waals surface area (Å²) >= 11 is 12.1. The van der Waals surface area contributed by atoms with Gasteiger partial charge in [-0.05, 0) is 38.0 Å². The van der Waals surface area contributed by atoms with Crippen molar-refractivity contribution < 1.29 is 9.53 Å². The third-order valence-corrected chi connectivity index (χ3v) is 3.98. The van der Waals surface area contributed by atoms with Crippen molar-refractivity contribution in [2.24, 2.45) is 4.99 Å². The van der Waals surface area contributed by atoms with Crippen LogP contribution in [-0.2, 0) is 9.53 Å². The van der Waals surface area contributed by atoms with E-state index in [0.29, 0.717) is 22.0 Å². The highest BCUT2D eigenvalue weighted by atomic mass is 35.5. The average Bonchev–Trinajstić information content (AvgIpc) is 2.63. The molecule has 2 rings (SSSR count). The first-order valence-electron chi connectivity index (χ1n) is 5.65. The molecule has 0 bridgehead atoms. The highest BCUT2D eigenvalue weighted by Gasteiger charge is 2.40. The minimum Gasteiger partial charge on any atom is -0.405 e. The van der Waals surface area contributed by atoms with Crippen LogP contribution in [0.1, 0.15) is 31.4 Å². The molecule has 1 atom stereocenters. The van der Waals surface area contributed by atoms with Crippen LogP contribution in [0, 0.1) is 6.92 Å². The third kappa shape index (κ3) is 2.13. The summed E-state index contributed by atoms with van der Waals surface area (Å²) in [4.78, 5) is 16.1. The van der Waals surface area contributed by atoms with Gasteiger partial charge in [0, 0.05) is 15.6 Å². The number of carbonyl (C=O) groups excluding carboxylic acids is 1. The van der Waals surface area contributed by atoms with Crippen LogP contribution in [0.25, 0.3) is 0 Å². The molecule has 1 aromatic rings. The molecule has 0 saturated carbocycles. The van der Waals surface area contributed by atoms with Gasteiger partial charge in [-0.2, -0.15) is 0 Å². The van der Waals surface area contributed by atoms with E-state index >= 15 is 0 Å². The SMILES string of the molecule is CC[C@@]1(C)N=C(c2cc(Cl)c(C)c(Cl)c2)OC1=O. The molecule has 0 amide bonds. The third-order valence-electron chi connectivity index (χ3n) is 3.19. The molecule has 3 nitrogen and oxygen atoms in total. The number of cyclic esters (lactones) is 1. The van der Waals surface area contributed by atoms with Crippen molar-refractivity contribution in [3.8, 4) is 0 Å². The molecule has 1 aromatic carbocycles. The summed E-state index contributed by atoms with van der Waals surface area (Å²) in [6.45, 7) is 5.47. The lowest BCUT2D eigenvalue weighted by Crippen LogP contribution is -2.28. The van der Waals surface area contributed by atoms with Gasteiger partial charge in [0.05, 0.1) is 0 Å². The Balaban J connectivity index is 2.46. The first-order valence-corrected chi connectivity index (χ1v) is 6.41. The monoisotopic (exact) mass is 285 g/mol. The van der Waals surface area contributed by atoms with E-state index in [0.717, 1.165) is 5.56 Å². The lowest BCUT2D eigenvalue weighted by Gasteiger charge is -2.11. The lowest BCUT2D eigenvalue weighted by molar-refractivity contribution is -0.138. The van der Waals surface area contributed by atoms with E-state index in [1.807, 2.05) is 13.8 Å². The zero-order valence-corrected chi connectivity index (χ0v) is 11.9. The van der Waals surface area contributed by atoms with Gasteiger partial charge in [-0.3, -0.25) is 0 Å². The Labute approximate surface area is 116 Å². The van der Waals surface area contributed by atoms with Crippen molar-refractivity contribution >= 4 is 35.1 Å². The summed E-state index contributed by atoms with van der Waals surface area (Å²) in [5.41, 5.74) is 0.616. The number of halogens is 2. The van der Waals surface area contributed by atoms with E-state index < -0.39 is 5.54 Å². The van der Waals surface area contributed by atoms with Crippen LogP contribution in [-0.4, -0.2) is 17.4 Å². The molecular weight excluding hydrogens is 273 g/mol. The second-order valence-corrected chi connectivity index (χ2v) is 5.31. The Morgan fingerprint density at radius 3 is 2.33 bits per heavy atom. The predicted octanol–water partition coefficient (Wildman–Crippen LogP) is 3.77. The number of hydrogen-bond acceptors (Lipinski definition) is 3. The molecule has 0 fully saturated rings. The number of carbonyl (C=O) groups is 1. The highest BCUT2D eigenvalue weighted by molar-refractivity contribution is 6.36. The fourth-order valence-corrected chi connectivity index (χ4v) is 2.09. The topological polar surface area (TPSA) is 38.7 Å². The molecule has 1 aliphatic rings. The first kappa shape index (κ1) is 13.4. The number of nitrogens with zero attached hydrogens (tertiary/aromatic N) is 1. The Hall–Kier alpha value is -1.06. The van der Waals surface area contributed by atoms with Gasteiger partial charge in [0.1, 0.15) is 0 Å². The number of esters is 1. The predicted molar refractivity (Wildman–Crippen MR) is 72.5 cm³/mol. The summed E-state index contributed by atoms with van der Waals surface area (Å²) in [7, 11) is 0. The Bertz CT molecular complexity index is 531. The van der Waals surface area contributed by atoms with Crippen molar-refractivity contribution in [2.45, 2.75) is 32.7 Å². The molecule has 1 heterocycles. The average molecular weight is 286 g/mol. The van der Waals surface area contributed by atoms with Crippen molar-refractivity contribution in [1.82, 2.24) is 0 Å². The second-order valence-electron chi connectivity index (χ2n) is 4.50. The summed E-state index contributed by atoms with van der Waals surface area (Å²) in [5, 5.41) is 1.06. The highest BCUT2D eigenvalue weighted by Crippen LogP contribution is 2.30. The van der Waals surface area contributed by atoms with E-state index in [1.54, 1.807) is 19.1 Å². The zero-order valence-electron chi connectivity index (χ0n) is 10.4. The van der Waals surface area contributed by atoms with Crippen LogP contribution in [0.15, 0.2) is 17.1 Å². The molecule has 0 N–H and O–H groups in total. The van der Waals surface area contributed by atoms with Crippen LogP contribution in [0.5, 0.6) is 0 Å². The van der Waals surface area contributed by atoms with Crippen molar-refractivity contribution in [3.63, 3.8) is 0 Å². The van der Waals surface area contributed by atoms with Gasteiger partial charge in [-0.15, -0.1) is 0 Å². The van der Waals surface area contributed by atoms with E-state index in [1.165, 1.54) is 0 Å². The van der Waals surface area contributed by atoms with Crippen LogP contribution < -0.4 is 0 Å². The molecule has 0 aliphatic carbocycles. The van der Waals surface area contributed by atoms with Gasteiger partial charge in [-0.25, -0.2) is 9.79 Å². The molecule has 0 saturated heterocycles. The number of ether oxygens (including phenoxy) is 1. The number of benzene rings is 1. The van der Waals surface area contributed by atoms with E-state index in [9.17, 15) is 4.79 Å². The minimum absolute atomic E-state index is 0.285. The van der Waals surface area contributed by atoms with Gasteiger partial charge in [0.25, 0.3) is 0 Å². The van der Waals surface area contributed by atoms with E-state index in [2.05, 4.69) is 4.99 Å². The largest absolute Gasteiger partial charge is 0.405 e. The fraction of sp³-hybridized carbons (Fsp3) is 0.385. The maximum absolute atomic E-state index is 11.7. The maximum atomic E-state index is 11.7. The van der Waals surface area contributed by atoms with Gasteiger partial charge in [-0.1, -0.05) is 30.1 Å². The summed E-state index contributed by atoms with van der Waals surface area (Å²) < 4.78 is 5.20. The molecular formula is C13H13Cl2NO2. The Morgan fingerprint density at radius 1 is 1.33 bits per heavy atom. The molecule has 5 heteroatoms. The van der Waals surface area contributed by atoms with Crippen LogP contribution >= 0.6 is 23.2 Å². The Kier molecular flexibility index (Phi) is 3.39. The Morgan fingerprint density at radius 2 is 1.89 bits per heavy atom. The zero-order chi connectivity index (χ0) is 13.5. The van der Waals surface area contributed by atoms with E-state index in [-0.39, 0.29) is 11.9 Å². The number of aliphatic imine (C=N–C) groups is 1. The van der Waals surface area contributed by atoms with Gasteiger partial charge < -0.3 is 4.74 Å². The molecule has 1 aliphatic heterocycles. The standard InChI is InChI=1S/C13H13Cl2NO2/c1-4-13(3)12(17)18-11(16-13)8-5-9(14)7(2)10(15)6-8/h5-6H,4H2,1-3H3/t13-/m1/s1. The second kappa shape index (κ2) is 4.56. The first-order chi connectivity index (χ1) is 8.37. The van der Waals surface area contributed by atoms with Gasteiger partial charge >= 0.3 is 5.97 Å². The molecule has 0 aromatic heterocycles. The number of hydrogen-bond donors (Lipinski definition) is 0. The van der Waals surface area contributed by atoms with E-state index in [4.69, 9.17) is 27.9 Å². The smallest absolute Gasteiger partial charge is 0.340 e. The van der Waals surface area contributed by atoms with Crippen LogP contribution in [0.4, 0.5) is 0 Å². The molecule has 0 unspecified atom stereocenters. The molecule has 18 heavy (non-hydrogen) atoms. The molecule has 96 valence electrons. The van der Waals surface area contributed by atoms with Gasteiger partial charge in [0.15, 0.2) is 5.54 Å². The lowest BCUT2D eigenvalue weighted by atomic mass is 10.0. The molecule has 0 radical (unpaired) electrons. The quantitative estimate of drug-likeness (QED) is 0.776.